The lowest BCUT2D eigenvalue weighted by atomic mass is 9.92. The third kappa shape index (κ3) is 5.83. The van der Waals surface area contributed by atoms with Crippen LogP contribution in [0.1, 0.15) is 85.4 Å². The molecule has 3 atom stereocenters. The van der Waals surface area contributed by atoms with E-state index in [4.69, 9.17) is 14.2 Å². The van der Waals surface area contributed by atoms with E-state index in [2.05, 4.69) is 63.8 Å². The SMILES string of the molecule is CCCCCC[C@@H]1[C@H](C(=O)OCC)N1C(c1cc(C)c(OC)c(C)c1)c1cc(C)c(OC)c(C)c1. The molecule has 1 aliphatic heterocycles. The van der Waals surface area contributed by atoms with E-state index in [0.717, 1.165) is 46.6 Å². The summed E-state index contributed by atoms with van der Waals surface area (Å²) in [6, 6.07) is 8.75. The molecule has 0 bridgehead atoms. The molecule has 0 saturated carbocycles. The number of ether oxygens (including phenoxy) is 3. The monoisotopic (exact) mass is 481 g/mol. The summed E-state index contributed by atoms with van der Waals surface area (Å²) in [4.78, 5) is 15.4. The molecule has 0 N–H and O–H groups in total. The molecule has 1 saturated heterocycles. The number of aryl methyl sites for hydroxylation is 4. The van der Waals surface area contributed by atoms with Crippen molar-refractivity contribution in [2.45, 2.75) is 91.8 Å². The largest absolute Gasteiger partial charge is 0.496 e. The van der Waals surface area contributed by atoms with Gasteiger partial charge in [0.1, 0.15) is 17.5 Å². The van der Waals surface area contributed by atoms with Crippen molar-refractivity contribution in [3.05, 3.63) is 57.6 Å². The minimum Gasteiger partial charge on any atom is -0.496 e. The van der Waals surface area contributed by atoms with E-state index in [1.807, 2.05) is 6.92 Å². The molecule has 2 aromatic rings. The predicted molar refractivity (Wildman–Crippen MR) is 142 cm³/mol. The summed E-state index contributed by atoms with van der Waals surface area (Å²) in [5.41, 5.74) is 6.75. The molecule has 0 amide bonds. The van der Waals surface area contributed by atoms with Gasteiger partial charge in [-0.1, -0.05) is 56.9 Å². The Morgan fingerprint density at radius 3 is 1.71 bits per heavy atom. The van der Waals surface area contributed by atoms with Crippen LogP contribution in [-0.4, -0.2) is 43.8 Å². The number of carbonyl (C=O) groups excluding carboxylic acids is 1. The van der Waals surface area contributed by atoms with E-state index in [-0.39, 0.29) is 24.1 Å². The fourth-order valence-corrected chi connectivity index (χ4v) is 5.71. The summed E-state index contributed by atoms with van der Waals surface area (Å²) in [7, 11) is 3.44. The second-order valence-electron chi connectivity index (χ2n) is 9.84. The average Bonchev–Trinajstić information content (AvgIpc) is 3.50. The third-order valence-corrected chi connectivity index (χ3v) is 7.16. The molecule has 5 nitrogen and oxygen atoms in total. The minimum atomic E-state index is -0.216. The van der Waals surface area contributed by atoms with Crippen LogP contribution < -0.4 is 9.47 Å². The van der Waals surface area contributed by atoms with Crippen LogP contribution in [-0.2, 0) is 9.53 Å². The Labute approximate surface area is 211 Å². The quantitative estimate of drug-likeness (QED) is 0.194. The van der Waals surface area contributed by atoms with Crippen molar-refractivity contribution < 1.29 is 19.0 Å². The molecule has 0 spiro atoms. The third-order valence-electron chi connectivity index (χ3n) is 7.16. The molecule has 1 heterocycles. The van der Waals surface area contributed by atoms with Gasteiger partial charge in [-0.2, -0.15) is 0 Å². The van der Waals surface area contributed by atoms with E-state index < -0.39 is 0 Å². The number of carbonyl (C=O) groups is 1. The number of rotatable bonds is 12. The van der Waals surface area contributed by atoms with Crippen molar-refractivity contribution in [2.75, 3.05) is 20.8 Å². The Balaban J connectivity index is 2.09. The van der Waals surface area contributed by atoms with Gasteiger partial charge in [-0.3, -0.25) is 9.69 Å². The predicted octanol–water partition coefficient (Wildman–Crippen LogP) is 6.61. The Morgan fingerprint density at radius 2 is 1.31 bits per heavy atom. The van der Waals surface area contributed by atoms with E-state index in [1.54, 1.807) is 14.2 Å². The second kappa shape index (κ2) is 11.9. The Bertz CT molecular complexity index is 926. The minimum absolute atomic E-state index is 0.0489. The first-order chi connectivity index (χ1) is 16.8. The topological polar surface area (TPSA) is 47.8 Å². The molecule has 0 aromatic heterocycles. The zero-order chi connectivity index (χ0) is 25.7. The summed E-state index contributed by atoms with van der Waals surface area (Å²) in [6.07, 6.45) is 5.75. The normalized spacial score (nSPS) is 19.1. The standard InChI is InChI=1S/C30H43NO4/c1-9-11-12-13-14-25-27(30(32)35-10-2)31(25)26(23-15-19(3)28(33-7)20(4)16-23)24-17-21(5)29(34-8)22(6)18-24/h15-18,25-27H,9-14H2,1-8H3/t25-,27-,31?/m1/s1. The van der Waals surface area contributed by atoms with Crippen LogP contribution in [0.5, 0.6) is 11.5 Å². The van der Waals surface area contributed by atoms with Gasteiger partial charge in [0.15, 0.2) is 0 Å². The van der Waals surface area contributed by atoms with Gasteiger partial charge in [-0.25, -0.2) is 0 Å². The highest BCUT2D eigenvalue weighted by Gasteiger charge is 2.56. The highest BCUT2D eigenvalue weighted by molar-refractivity contribution is 5.80. The van der Waals surface area contributed by atoms with Crippen molar-refractivity contribution in [2.24, 2.45) is 0 Å². The van der Waals surface area contributed by atoms with Crippen molar-refractivity contribution in [1.82, 2.24) is 4.90 Å². The van der Waals surface area contributed by atoms with Gasteiger partial charge >= 0.3 is 5.97 Å². The van der Waals surface area contributed by atoms with E-state index in [1.165, 1.54) is 30.4 Å². The number of hydrogen-bond donors (Lipinski definition) is 0. The number of esters is 1. The first-order valence-electron chi connectivity index (χ1n) is 13.0. The molecule has 1 aliphatic rings. The molecule has 1 unspecified atom stereocenters. The van der Waals surface area contributed by atoms with Gasteiger partial charge in [0.05, 0.1) is 26.9 Å². The lowest BCUT2D eigenvalue weighted by Crippen LogP contribution is -2.21. The number of unbranched alkanes of at least 4 members (excludes halogenated alkanes) is 3. The van der Waals surface area contributed by atoms with Crippen molar-refractivity contribution >= 4 is 5.97 Å². The molecule has 0 aliphatic carbocycles. The molecular weight excluding hydrogens is 438 g/mol. The fourth-order valence-electron chi connectivity index (χ4n) is 5.71. The smallest absolute Gasteiger partial charge is 0.325 e. The van der Waals surface area contributed by atoms with Gasteiger partial charge in [-0.05, 0) is 74.4 Å². The first-order valence-corrected chi connectivity index (χ1v) is 13.0. The first kappa shape index (κ1) is 27.1. The highest BCUT2D eigenvalue weighted by atomic mass is 16.5. The molecule has 192 valence electrons. The van der Waals surface area contributed by atoms with Crippen LogP contribution in [0.4, 0.5) is 0 Å². The van der Waals surface area contributed by atoms with Gasteiger partial charge in [-0.15, -0.1) is 0 Å². The second-order valence-corrected chi connectivity index (χ2v) is 9.84. The van der Waals surface area contributed by atoms with Crippen molar-refractivity contribution in [1.29, 1.82) is 0 Å². The van der Waals surface area contributed by atoms with Crippen LogP contribution in [0.2, 0.25) is 0 Å². The summed E-state index contributed by atoms with van der Waals surface area (Å²) in [6.45, 7) is 12.9. The molecular formula is C30H43NO4. The van der Waals surface area contributed by atoms with E-state index in [0.29, 0.717) is 6.61 Å². The van der Waals surface area contributed by atoms with Crippen molar-refractivity contribution in [3.8, 4) is 11.5 Å². The van der Waals surface area contributed by atoms with Crippen molar-refractivity contribution in [3.63, 3.8) is 0 Å². The lowest BCUT2D eigenvalue weighted by Gasteiger charge is -2.25. The maximum atomic E-state index is 13.0. The Kier molecular flexibility index (Phi) is 9.23. The zero-order valence-electron chi connectivity index (χ0n) is 22.9. The molecule has 35 heavy (non-hydrogen) atoms. The number of benzene rings is 2. The summed E-state index contributed by atoms with van der Waals surface area (Å²) in [5.74, 6) is 1.72. The van der Waals surface area contributed by atoms with Crippen LogP contribution >= 0.6 is 0 Å². The molecule has 2 aromatic carbocycles. The molecule has 0 radical (unpaired) electrons. The summed E-state index contributed by atoms with van der Waals surface area (Å²) >= 11 is 0. The summed E-state index contributed by atoms with van der Waals surface area (Å²) in [5, 5.41) is 0. The maximum Gasteiger partial charge on any atom is 0.325 e. The van der Waals surface area contributed by atoms with Crippen LogP contribution in [0.15, 0.2) is 24.3 Å². The number of nitrogens with zero attached hydrogens (tertiary/aromatic N) is 1. The number of methoxy groups -OCH3 is 2. The molecule has 5 heteroatoms. The highest BCUT2D eigenvalue weighted by Crippen LogP contribution is 2.47. The maximum absolute atomic E-state index is 13.0. The average molecular weight is 482 g/mol. The van der Waals surface area contributed by atoms with Gasteiger partial charge in [0.25, 0.3) is 0 Å². The fraction of sp³-hybridized carbons (Fsp3) is 0.567. The summed E-state index contributed by atoms with van der Waals surface area (Å²) < 4.78 is 16.8. The van der Waals surface area contributed by atoms with E-state index >= 15 is 0 Å². The van der Waals surface area contributed by atoms with Crippen LogP contribution in [0, 0.1) is 27.7 Å². The lowest BCUT2D eigenvalue weighted by molar-refractivity contribution is -0.143. The van der Waals surface area contributed by atoms with Gasteiger partial charge in [0.2, 0.25) is 0 Å². The molecule has 3 rings (SSSR count). The van der Waals surface area contributed by atoms with Crippen LogP contribution in [0.3, 0.4) is 0 Å². The van der Waals surface area contributed by atoms with Gasteiger partial charge < -0.3 is 14.2 Å². The zero-order valence-corrected chi connectivity index (χ0v) is 22.9. The van der Waals surface area contributed by atoms with Crippen LogP contribution in [0.25, 0.3) is 0 Å². The van der Waals surface area contributed by atoms with Gasteiger partial charge in [0, 0.05) is 6.04 Å². The number of hydrogen-bond acceptors (Lipinski definition) is 5. The molecule has 1 fully saturated rings. The Morgan fingerprint density at radius 1 is 0.829 bits per heavy atom. The Hall–Kier alpha value is -2.53. The van der Waals surface area contributed by atoms with E-state index in [9.17, 15) is 4.79 Å².